The van der Waals surface area contributed by atoms with Gasteiger partial charge in [0.05, 0.1) is 30.5 Å². The number of aliphatic hydroxyl groups excluding tert-OH is 3. The van der Waals surface area contributed by atoms with Crippen molar-refractivity contribution in [3.05, 3.63) is 53.4 Å². The molecular weight excluding hydrogens is 831 g/mol. The monoisotopic (exact) mass is 879 g/mol. The Morgan fingerprint density at radius 2 is 1.62 bits per heavy atom. The summed E-state index contributed by atoms with van der Waals surface area (Å²) in [6.45, 7) is 5.66. The number of benzene rings is 1. The number of hydrogen-bond acceptors (Lipinski definition) is 16. The Bertz CT molecular complexity index is 2110. The Balaban J connectivity index is 1.43. The van der Waals surface area contributed by atoms with Gasteiger partial charge in [0.2, 0.25) is 17.7 Å². The van der Waals surface area contributed by atoms with Crippen LogP contribution in [-0.4, -0.2) is 143 Å². The minimum absolute atomic E-state index is 0.00857. The summed E-state index contributed by atoms with van der Waals surface area (Å²) >= 11 is 0. The molecule has 5 amide bonds. The van der Waals surface area contributed by atoms with E-state index >= 15 is 0 Å². The van der Waals surface area contributed by atoms with Crippen molar-refractivity contribution in [3.8, 4) is 0 Å². The normalized spacial score (nSPS) is 21.8. The SMILES string of the molecule is CC(=O)OCc1ccc(NC(=O)[C@H](C)NC(=O)[C@@H](NC(=O)C[C@H](c2cn(CCCS(=O)(=O)O)nn2)N2C(=O)C=CC2=O)C(C)C)cc1CC[C@@H]1O[C@H](C(=O)O)[C@@H](O)[C@H](O)[C@H]1O. The molecule has 1 aromatic carbocycles. The first-order chi connectivity index (χ1) is 28.6. The van der Waals surface area contributed by atoms with Crippen molar-refractivity contribution >= 4 is 57.3 Å². The fourth-order valence-corrected chi connectivity index (χ4v) is 7.04. The molecule has 0 aliphatic carbocycles. The summed E-state index contributed by atoms with van der Waals surface area (Å²) < 4.78 is 42.9. The van der Waals surface area contributed by atoms with Crippen LogP contribution in [0, 0.1) is 5.92 Å². The van der Waals surface area contributed by atoms with E-state index in [1.54, 1.807) is 19.9 Å². The zero-order chi connectivity index (χ0) is 45.3. The van der Waals surface area contributed by atoms with E-state index in [0.29, 0.717) is 11.1 Å². The first kappa shape index (κ1) is 48.0. The van der Waals surface area contributed by atoms with Gasteiger partial charge >= 0.3 is 11.9 Å². The maximum absolute atomic E-state index is 13.5. The molecule has 61 heavy (non-hydrogen) atoms. The Hall–Kier alpha value is -5.66. The summed E-state index contributed by atoms with van der Waals surface area (Å²) in [5, 5.41) is 55.8. The average Bonchev–Trinajstić information content (AvgIpc) is 3.78. The molecule has 2 aromatic rings. The number of amides is 5. The van der Waals surface area contributed by atoms with Crippen molar-refractivity contribution in [1.82, 2.24) is 30.5 Å². The van der Waals surface area contributed by atoms with E-state index in [2.05, 4.69) is 26.3 Å². The van der Waals surface area contributed by atoms with E-state index in [0.717, 1.165) is 17.1 Å². The summed E-state index contributed by atoms with van der Waals surface area (Å²) in [6, 6.07) is 0.895. The molecule has 2 aliphatic heterocycles. The van der Waals surface area contributed by atoms with Gasteiger partial charge in [-0.3, -0.25) is 42.9 Å². The highest BCUT2D eigenvalue weighted by atomic mass is 32.2. The third-order valence-electron chi connectivity index (χ3n) is 9.80. The number of aromatic nitrogens is 3. The number of aliphatic hydroxyl groups is 3. The first-order valence-electron chi connectivity index (χ1n) is 19.0. The van der Waals surface area contributed by atoms with Crippen molar-refractivity contribution in [3.63, 3.8) is 0 Å². The van der Waals surface area contributed by atoms with Gasteiger partial charge in [0.15, 0.2) is 6.10 Å². The fourth-order valence-electron chi connectivity index (χ4n) is 6.54. The number of ether oxygens (including phenoxy) is 2. The number of esters is 1. The standard InChI is InChI=1S/C37H49N7O16S/c1-18(2)30(40-27(46)15-25(44-28(47)10-11-29(44)48)24-16-43(42-41-24)12-5-13-61(56,57)58)36(53)38-19(3)35(52)39-23-8-6-22(17-59-20(4)45)21(14-23)7-9-26-31(49)32(50)33(51)34(60-26)37(54)55/h6,8,10-11,14,16,18-19,25-26,30-34,49-51H,5,7,9,12-13,15,17H2,1-4H3,(H,38,53)(H,39,52)(H,40,46)(H,54,55)(H,56,57,58)/t19-,25+,26-,30-,31-,32+,33-,34-/m0/s1. The number of carboxylic acid groups (broad SMARTS) is 1. The summed E-state index contributed by atoms with van der Waals surface area (Å²) in [7, 11) is -4.24. The summed E-state index contributed by atoms with van der Waals surface area (Å²) in [5.41, 5.74) is 1.21. The lowest BCUT2D eigenvalue weighted by Gasteiger charge is -2.39. The van der Waals surface area contributed by atoms with Gasteiger partial charge in [-0.15, -0.1) is 5.10 Å². The van der Waals surface area contributed by atoms with Gasteiger partial charge in [-0.25, -0.2) is 4.79 Å². The van der Waals surface area contributed by atoms with Gasteiger partial charge in [0.25, 0.3) is 21.9 Å². The molecule has 0 saturated carbocycles. The summed E-state index contributed by atoms with van der Waals surface area (Å²) in [5.74, 6) is -6.91. The molecule has 0 radical (unpaired) electrons. The molecule has 1 fully saturated rings. The zero-order valence-electron chi connectivity index (χ0n) is 33.5. The predicted octanol–water partition coefficient (Wildman–Crippen LogP) is -1.87. The van der Waals surface area contributed by atoms with E-state index in [4.69, 9.17) is 14.0 Å². The number of carboxylic acids is 1. The molecule has 0 spiro atoms. The highest BCUT2D eigenvalue weighted by Crippen LogP contribution is 2.28. The lowest BCUT2D eigenvalue weighted by Crippen LogP contribution is -2.59. The van der Waals surface area contributed by atoms with E-state index in [-0.39, 0.29) is 43.8 Å². The van der Waals surface area contributed by atoms with Crippen LogP contribution in [0.15, 0.2) is 36.5 Å². The molecule has 4 rings (SSSR count). The molecule has 2 aliphatic rings. The van der Waals surface area contributed by atoms with Crippen molar-refractivity contribution in [2.75, 3.05) is 11.1 Å². The summed E-state index contributed by atoms with van der Waals surface area (Å²) in [4.78, 5) is 89.5. The number of carbonyl (C=O) groups excluding carboxylic acids is 6. The van der Waals surface area contributed by atoms with Gasteiger partial charge in [-0.2, -0.15) is 8.42 Å². The number of rotatable bonds is 20. The molecule has 8 atom stereocenters. The van der Waals surface area contributed by atoms with Crippen LogP contribution in [0.2, 0.25) is 0 Å². The van der Waals surface area contributed by atoms with E-state index in [9.17, 15) is 62.4 Å². The molecule has 24 heteroatoms. The Labute approximate surface area is 349 Å². The number of nitrogens with one attached hydrogen (secondary N) is 3. The Morgan fingerprint density at radius 3 is 2.23 bits per heavy atom. The molecule has 1 aromatic heterocycles. The van der Waals surface area contributed by atoms with E-state index in [1.165, 1.54) is 36.9 Å². The van der Waals surface area contributed by atoms with Gasteiger partial charge in [0, 0.05) is 31.3 Å². The van der Waals surface area contributed by atoms with Gasteiger partial charge < -0.3 is 45.9 Å². The largest absolute Gasteiger partial charge is 0.479 e. The molecular formula is C37H49N7O16S. The molecule has 8 N–H and O–H groups in total. The number of nitrogens with zero attached hydrogens (tertiary/aromatic N) is 4. The molecule has 0 unspecified atom stereocenters. The van der Waals surface area contributed by atoms with Gasteiger partial charge in [-0.05, 0) is 55.4 Å². The molecule has 1 saturated heterocycles. The van der Waals surface area contributed by atoms with Crippen LogP contribution in [0.5, 0.6) is 0 Å². The topological polar surface area (TPSA) is 343 Å². The number of imide groups is 1. The minimum Gasteiger partial charge on any atom is -0.479 e. The van der Waals surface area contributed by atoms with Crippen LogP contribution in [0.3, 0.4) is 0 Å². The van der Waals surface area contributed by atoms with E-state index < -0.39 is 118 Å². The zero-order valence-corrected chi connectivity index (χ0v) is 34.4. The molecule has 3 heterocycles. The van der Waals surface area contributed by atoms with Crippen LogP contribution in [0.1, 0.15) is 69.8 Å². The average molecular weight is 880 g/mol. The maximum Gasteiger partial charge on any atom is 0.335 e. The third-order valence-corrected chi connectivity index (χ3v) is 10.6. The van der Waals surface area contributed by atoms with Crippen LogP contribution < -0.4 is 16.0 Å². The second kappa shape index (κ2) is 20.7. The minimum atomic E-state index is -4.24. The highest BCUT2D eigenvalue weighted by molar-refractivity contribution is 7.85. The van der Waals surface area contributed by atoms with Crippen molar-refractivity contribution in [2.45, 2.75) is 115 Å². The van der Waals surface area contributed by atoms with E-state index in [1.807, 2.05) is 0 Å². The van der Waals surface area contributed by atoms with Crippen LogP contribution >= 0.6 is 0 Å². The molecule has 334 valence electrons. The number of carbonyl (C=O) groups is 7. The lowest BCUT2D eigenvalue weighted by atomic mass is 9.91. The van der Waals surface area contributed by atoms with Crippen molar-refractivity contribution in [2.24, 2.45) is 5.92 Å². The molecule has 23 nitrogen and oxygen atoms in total. The predicted molar refractivity (Wildman–Crippen MR) is 207 cm³/mol. The Morgan fingerprint density at radius 1 is 0.951 bits per heavy atom. The van der Waals surface area contributed by atoms with Gasteiger partial charge in [-0.1, -0.05) is 25.1 Å². The smallest absolute Gasteiger partial charge is 0.335 e. The number of aliphatic carboxylic acids is 1. The second-order valence-electron chi connectivity index (χ2n) is 14.9. The van der Waals surface area contributed by atoms with Crippen molar-refractivity contribution < 1.29 is 76.4 Å². The summed E-state index contributed by atoms with van der Waals surface area (Å²) in [6.07, 6.45) is -5.59. The maximum atomic E-state index is 13.5. The first-order valence-corrected chi connectivity index (χ1v) is 20.7. The molecule has 0 bridgehead atoms. The van der Waals surface area contributed by atoms with Crippen LogP contribution in [0.25, 0.3) is 0 Å². The van der Waals surface area contributed by atoms with Crippen LogP contribution in [-0.2, 0) is 72.7 Å². The van der Waals surface area contributed by atoms with Crippen molar-refractivity contribution in [1.29, 1.82) is 0 Å². The second-order valence-corrected chi connectivity index (χ2v) is 16.4. The van der Waals surface area contributed by atoms with Gasteiger partial charge in [0.1, 0.15) is 42.7 Å². The van der Waals surface area contributed by atoms with Crippen LogP contribution in [0.4, 0.5) is 5.69 Å². The highest BCUT2D eigenvalue weighted by Gasteiger charge is 2.46. The Kier molecular flexibility index (Phi) is 16.3. The lowest BCUT2D eigenvalue weighted by molar-refractivity contribution is -0.228. The fraction of sp³-hybridized carbons (Fsp3) is 0.541. The third kappa shape index (κ3) is 13.2. The quantitative estimate of drug-likeness (QED) is 0.0410. The number of aryl methyl sites for hydroxylation is 2. The number of hydrogen-bond donors (Lipinski definition) is 8. The number of anilines is 1.